The fraction of sp³-hybridized carbons (Fsp3) is 0.632. The van der Waals surface area contributed by atoms with Crippen LogP contribution in [0.1, 0.15) is 38.7 Å². The van der Waals surface area contributed by atoms with Gasteiger partial charge in [0.15, 0.2) is 5.96 Å². The van der Waals surface area contributed by atoms with Gasteiger partial charge in [0.25, 0.3) is 0 Å². The van der Waals surface area contributed by atoms with Gasteiger partial charge in [-0.25, -0.2) is 18.1 Å². The quantitative estimate of drug-likeness (QED) is 0.351. The van der Waals surface area contributed by atoms with Crippen molar-refractivity contribution in [3.05, 3.63) is 35.9 Å². The molecule has 1 unspecified atom stereocenters. The summed E-state index contributed by atoms with van der Waals surface area (Å²) in [6.45, 7) is 5.24. The first-order chi connectivity index (χ1) is 12.8. The molecule has 27 heavy (non-hydrogen) atoms. The van der Waals surface area contributed by atoms with E-state index in [1.54, 1.807) is 6.92 Å². The number of aliphatic imine (C=N–C) groups is 1. The summed E-state index contributed by atoms with van der Waals surface area (Å²) in [7, 11) is -3.29. The highest BCUT2D eigenvalue weighted by molar-refractivity contribution is 7.89. The zero-order valence-corrected chi connectivity index (χ0v) is 17.1. The van der Waals surface area contributed by atoms with Crippen LogP contribution in [-0.2, 0) is 15.6 Å². The first kappa shape index (κ1) is 21.7. The van der Waals surface area contributed by atoms with E-state index in [1.807, 2.05) is 37.3 Å². The fourth-order valence-electron chi connectivity index (χ4n) is 2.78. The van der Waals surface area contributed by atoms with Crippen molar-refractivity contribution in [2.45, 2.75) is 38.7 Å². The van der Waals surface area contributed by atoms with Gasteiger partial charge in [0.2, 0.25) is 10.0 Å². The Hall–Kier alpha value is -1.64. The summed E-state index contributed by atoms with van der Waals surface area (Å²) in [5, 5.41) is 16.7. The Morgan fingerprint density at radius 2 is 1.96 bits per heavy atom. The highest BCUT2D eigenvalue weighted by Crippen LogP contribution is 2.25. The van der Waals surface area contributed by atoms with Crippen LogP contribution in [0.5, 0.6) is 0 Å². The predicted molar refractivity (Wildman–Crippen MR) is 109 cm³/mol. The van der Waals surface area contributed by atoms with Crippen molar-refractivity contribution in [3.8, 4) is 0 Å². The molecule has 1 fully saturated rings. The Morgan fingerprint density at radius 1 is 1.26 bits per heavy atom. The number of sulfonamides is 1. The fourth-order valence-corrected chi connectivity index (χ4v) is 3.79. The van der Waals surface area contributed by atoms with Crippen molar-refractivity contribution < 1.29 is 13.5 Å². The Morgan fingerprint density at radius 3 is 2.56 bits per heavy atom. The number of hydrogen-bond donors (Lipinski definition) is 4. The van der Waals surface area contributed by atoms with Gasteiger partial charge in [-0.15, -0.1) is 0 Å². The predicted octanol–water partition coefficient (Wildman–Crippen LogP) is 1.17. The molecule has 0 bridgehead atoms. The largest absolute Gasteiger partial charge is 0.384 e. The van der Waals surface area contributed by atoms with Crippen LogP contribution in [0.3, 0.4) is 0 Å². The molecule has 0 spiro atoms. The Bertz CT molecular complexity index is 701. The first-order valence-electron chi connectivity index (χ1n) is 9.60. The van der Waals surface area contributed by atoms with Crippen LogP contribution in [0.25, 0.3) is 0 Å². The second kappa shape index (κ2) is 10.1. The van der Waals surface area contributed by atoms with Gasteiger partial charge in [-0.2, -0.15) is 0 Å². The standard InChI is InChI=1S/C19H32N4O3S/c1-3-20-18(22-15-19(2,24)17-10-5-4-6-11-17)21-12-13-27(25,26)23-14-16-8-7-9-16/h4-6,10-11,16,23-24H,3,7-9,12-15H2,1-2H3,(H2,20,21,22). The number of aliphatic hydroxyl groups is 1. The maximum Gasteiger partial charge on any atom is 0.213 e. The van der Waals surface area contributed by atoms with Gasteiger partial charge < -0.3 is 15.7 Å². The molecule has 1 saturated carbocycles. The molecule has 0 saturated heterocycles. The number of nitrogens with zero attached hydrogens (tertiary/aromatic N) is 1. The van der Waals surface area contributed by atoms with Gasteiger partial charge in [0.1, 0.15) is 5.60 Å². The third kappa shape index (κ3) is 7.48. The normalized spacial score (nSPS) is 17.8. The number of nitrogens with one attached hydrogen (secondary N) is 3. The molecule has 1 aromatic carbocycles. The van der Waals surface area contributed by atoms with Crippen molar-refractivity contribution in [1.29, 1.82) is 0 Å². The molecule has 0 aliphatic heterocycles. The van der Waals surface area contributed by atoms with Crippen LogP contribution in [0, 0.1) is 5.92 Å². The number of hydrogen-bond acceptors (Lipinski definition) is 4. The molecule has 2 rings (SSSR count). The molecule has 1 aliphatic carbocycles. The van der Waals surface area contributed by atoms with E-state index in [9.17, 15) is 13.5 Å². The van der Waals surface area contributed by atoms with Crippen LogP contribution in [0.15, 0.2) is 35.3 Å². The lowest BCUT2D eigenvalue weighted by molar-refractivity contribution is 0.0672. The minimum atomic E-state index is -3.29. The maximum atomic E-state index is 12.1. The van der Waals surface area contributed by atoms with E-state index in [0.717, 1.165) is 18.4 Å². The minimum Gasteiger partial charge on any atom is -0.384 e. The molecule has 1 aliphatic rings. The van der Waals surface area contributed by atoms with Gasteiger partial charge in [0, 0.05) is 19.6 Å². The van der Waals surface area contributed by atoms with Crippen molar-refractivity contribution in [3.63, 3.8) is 0 Å². The van der Waals surface area contributed by atoms with Crippen molar-refractivity contribution in [2.24, 2.45) is 10.9 Å². The molecule has 0 aromatic heterocycles. The van der Waals surface area contributed by atoms with E-state index < -0.39 is 15.6 Å². The molecular weight excluding hydrogens is 364 g/mol. The monoisotopic (exact) mass is 396 g/mol. The van der Waals surface area contributed by atoms with Gasteiger partial charge in [-0.05, 0) is 38.2 Å². The summed E-state index contributed by atoms with van der Waals surface area (Å²) in [5.41, 5.74) is -0.313. The van der Waals surface area contributed by atoms with Crippen molar-refractivity contribution in [1.82, 2.24) is 15.4 Å². The van der Waals surface area contributed by atoms with Crippen LogP contribution in [0.4, 0.5) is 0 Å². The Balaban J connectivity index is 1.83. The van der Waals surface area contributed by atoms with E-state index in [-0.39, 0.29) is 18.8 Å². The topological polar surface area (TPSA) is 103 Å². The lowest BCUT2D eigenvalue weighted by Gasteiger charge is -2.25. The molecule has 7 nitrogen and oxygen atoms in total. The summed E-state index contributed by atoms with van der Waals surface area (Å²) < 4.78 is 26.8. The van der Waals surface area contributed by atoms with E-state index in [4.69, 9.17) is 0 Å². The highest BCUT2D eigenvalue weighted by atomic mass is 32.2. The lowest BCUT2D eigenvalue weighted by Crippen LogP contribution is -2.42. The van der Waals surface area contributed by atoms with Gasteiger partial charge in [-0.1, -0.05) is 36.8 Å². The van der Waals surface area contributed by atoms with E-state index >= 15 is 0 Å². The van der Waals surface area contributed by atoms with Crippen LogP contribution < -0.4 is 15.4 Å². The summed E-state index contributed by atoms with van der Waals surface area (Å²) >= 11 is 0. The van der Waals surface area contributed by atoms with Crippen LogP contribution in [0.2, 0.25) is 0 Å². The average Bonchev–Trinajstić information content (AvgIpc) is 2.59. The highest BCUT2D eigenvalue weighted by Gasteiger charge is 2.23. The second-order valence-electron chi connectivity index (χ2n) is 7.23. The summed E-state index contributed by atoms with van der Waals surface area (Å²) in [6.07, 6.45) is 3.42. The first-order valence-corrected chi connectivity index (χ1v) is 11.2. The summed E-state index contributed by atoms with van der Waals surface area (Å²) in [4.78, 5) is 4.41. The van der Waals surface area contributed by atoms with Gasteiger partial charge >= 0.3 is 0 Å². The Kier molecular flexibility index (Phi) is 8.07. The molecule has 0 amide bonds. The molecular formula is C19H32N4O3S. The molecule has 152 valence electrons. The van der Waals surface area contributed by atoms with Crippen molar-refractivity contribution in [2.75, 3.05) is 31.9 Å². The van der Waals surface area contributed by atoms with Gasteiger partial charge in [-0.3, -0.25) is 0 Å². The molecule has 1 aromatic rings. The maximum absolute atomic E-state index is 12.1. The summed E-state index contributed by atoms with van der Waals surface area (Å²) in [6, 6.07) is 9.36. The average molecular weight is 397 g/mol. The zero-order valence-electron chi connectivity index (χ0n) is 16.2. The third-order valence-corrected chi connectivity index (χ3v) is 6.11. The van der Waals surface area contributed by atoms with E-state index in [1.165, 1.54) is 6.42 Å². The molecule has 4 N–H and O–H groups in total. The molecule has 8 heteroatoms. The smallest absolute Gasteiger partial charge is 0.213 e. The van der Waals surface area contributed by atoms with Crippen molar-refractivity contribution >= 4 is 16.0 Å². The molecule has 1 atom stereocenters. The van der Waals surface area contributed by atoms with Gasteiger partial charge in [0.05, 0.1) is 12.3 Å². The van der Waals surface area contributed by atoms with Crippen LogP contribution in [-0.4, -0.2) is 51.4 Å². The third-order valence-electron chi connectivity index (χ3n) is 4.76. The minimum absolute atomic E-state index is 0.0147. The molecule has 0 radical (unpaired) electrons. The second-order valence-corrected chi connectivity index (χ2v) is 9.15. The van der Waals surface area contributed by atoms with E-state index in [0.29, 0.717) is 25.0 Å². The number of guanidine groups is 1. The SMILES string of the molecule is CCNC(=NCC(C)(O)c1ccccc1)NCCS(=O)(=O)NCC1CCC1. The lowest BCUT2D eigenvalue weighted by atomic mass is 9.86. The number of benzene rings is 1. The molecule has 0 heterocycles. The zero-order chi connectivity index (χ0) is 19.8. The van der Waals surface area contributed by atoms with Crippen LogP contribution >= 0.6 is 0 Å². The Labute approximate surface area is 162 Å². The number of rotatable bonds is 10. The summed E-state index contributed by atoms with van der Waals surface area (Å²) in [5.74, 6) is 0.967. The van der Waals surface area contributed by atoms with E-state index in [2.05, 4.69) is 20.3 Å².